The van der Waals surface area contributed by atoms with Gasteiger partial charge in [-0.05, 0) is 22.2 Å². The maximum Gasteiger partial charge on any atom is 0.0613 e. The summed E-state index contributed by atoms with van der Waals surface area (Å²) in [4.78, 5) is 0. The van der Waals surface area contributed by atoms with Crippen molar-refractivity contribution in [3.63, 3.8) is 0 Å². The average Bonchev–Trinajstić information content (AvgIpc) is 1.65. The molecule has 36 valence electrons. The Morgan fingerprint density at radius 2 is 2.50 bits per heavy atom. The summed E-state index contributed by atoms with van der Waals surface area (Å²) in [6.07, 6.45) is 1.95. The van der Waals surface area contributed by atoms with Crippen LogP contribution in [0.15, 0.2) is 9.35 Å². The van der Waals surface area contributed by atoms with E-state index in [0.717, 1.165) is 3.81 Å². The predicted molar refractivity (Wildman–Crippen MR) is 36.4 cm³/mol. The lowest BCUT2D eigenvalue weighted by Crippen LogP contribution is -1.47. The van der Waals surface area contributed by atoms with Gasteiger partial charge in [0.1, 0.15) is 0 Å². The van der Waals surface area contributed by atoms with Gasteiger partial charge in [0.05, 0.1) is 3.81 Å². The second-order valence-electron chi connectivity index (χ2n) is 0.617. The molecule has 0 aliphatic carbocycles. The first-order valence-corrected chi connectivity index (χ1v) is 3.76. The summed E-state index contributed by atoms with van der Waals surface area (Å²) in [6.45, 7) is 0. The highest BCUT2D eigenvalue weighted by Crippen LogP contribution is 2.18. The van der Waals surface area contributed by atoms with Gasteiger partial charge in [-0.15, -0.1) is 11.8 Å². The van der Waals surface area contributed by atoms with Gasteiger partial charge in [-0.25, -0.2) is 0 Å². The van der Waals surface area contributed by atoms with Crippen LogP contribution in [0.4, 0.5) is 0 Å². The van der Waals surface area contributed by atoms with Crippen LogP contribution >= 0.6 is 39.3 Å². The highest BCUT2D eigenvalue weighted by molar-refractivity contribution is 9.14. The van der Waals surface area contributed by atoms with Gasteiger partial charge in [-0.1, -0.05) is 11.6 Å². The SMILES string of the molecule is CS/C(Br)=C\Cl. The van der Waals surface area contributed by atoms with Crippen LogP contribution in [0.2, 0.25) is 0 Å². The fraction of sp³-hybridized carbons (Fsp3) is 0.333. The third kappa shape index (κ3) is 3.07. The topological polar surface area (TPSA) is 0 Å². The quantitative estimate of drug-likeness (QED) is 0.608. The fourth-order valence-electron chi connectivity index (χ4n) is 0.0445. The van der Waals surface area contributed by atoms with Crippen molar-refractivity contribution >= 4 is 39.3 Å². The van der Waals surface area contributed by atoms with Crippen molar-refractivity contribution < 1.29 is 0 Å². The first-order chi connectivity index (χ1) is 2.81. The zero-order valence-electron chi connectivity index (χ0n) is 3.24. The molecular weight excluding hydrogens is 183 g/mol. The Morgan fingerprint density at radius 3 is 2.50 bits per heavy atom. The van der Waals surface area contributed by atoms with E-state index in [1.807, 2.05) is 6.26 Å². The molecule has 0 aliphatic heterocycles. The lowest BCUT2D eigenvalue weighted by molar-refractivity contribution is 2.38. The van der Waals surface area contributed by atoms with Crippen molar-refractivity contribution in [2.24, 2.45) is 0 Å². The minimum atomic E-state index is 0.962. The van der Waals surface area contributed by atoms with Crippen LogP contribution < -0.4 is 0 Å². The van der Waals surface area contributed by atoms with Crippen molar-refractivity contribution in [3.05, 3.63) is 9.35 Å². The number of hydrogen-bond acceptors (Lipinski definition) is 1. The molecule has 0 unspecified atom stereocenters. The van der Waals surface area contributed by atoms with Crippen molar-refractivity contribution in [2.45, 2.75) is 0 Å². The van der Waals surface area contributed by atoms with Gasteiger partial charge in [0.15, 0.2) is 0 Å². The first-order valence-electron chi connectivity index (χ1n) is 1.31. The van der Waals surface area contributed by atoms with E-state index in [4.69, 9.17) is 11.6 Å². The van der Waals surface area contributed by atoms with Crippen LogP contribution in [0.25, 0.3) is 0 Å². The molecule has 0 rings (SSSR count). The first kappa shape index (κ1) is 6.86. The molecule has 6 heavy (non-hydrogen) atoms. The Bertz CT molecular complexity index is 61.8. The molecule has 0 N–H and O–H groups in total. The molecule has 0 radical (unpaired) electrons. The number of thioether (sulfide) groups is 1. The molecule has 0 saturated heterocycles. The van der Waals surface area contributed by atoms with E-state index >= 15 is 0 Å². The van der Waals surface area contributed by atoms with Crippen LogP contribution in [-0.4, -0.2) is 6.26 Å². The van der Waals surface area contributed by atoms with Gasteiger partial charge in [0, 0.05) is 5.54 Å². The van der Waals surface area contributed by atoms with Gasteiger partial charge in [0.2, 0.25) is 0 Å². The number of hydrogen-bond donors (Lipinski definition) is 0. The van der Waals surface area contributed by atoms with Gasteiger partial charge in [0.25, 0.3) is 0 Å². The van der Waals surface area contributed by atoms with E-state index in [-0.39, 0.29) is 0 Å². The number of halogens is 2. The zero-order chi connectivity index (χ0) is 4.99. The summed E-state index contributed by atoms with van der Waals surface area (Å²) in [5.74, 6) is 0. The van der Waals surface area contributed by atoms with Crippen LogP contribution in [0.3, 0.4) is 0 Å². The van der Waals surface area contributed by atoms with Crippen LogP contribution in [0.1, 0.15) is 0 Å². The molecule has 0 aliphatic rings. The second kappa shape index (κ2) is 4.03. The fourth-order valence-corrected chi connectivity index (χ4v) is 0.401. The molecule has 0 atom stereocenters. The maximum atomic E-state index is 5.22. The molecule has 0 bridgehead atoms. The summed E-state index contributed by atoms with van der Waals surface area (Å²) < 4.78 is 0.962. The minimum absolute atomic E-state index is 0.962. The molecule has 3 heteroatoms. The maximum absolute atomic E-state index is 5.22. The van der Waals surface area contributed by atoms with E-state index in [1.165, 1.54) is 5.54 Å². The van der Waals surface area contributed by atoms with Gasteiger partial charge in [-0.3, -0.25) is 0 Å². The van der Waals surface area contributed by atoms with Gasteiger partial charge < -0.3 is 0 Å². The van der Waals surface area contributed by atoms with E-state index < -0.39 is 0 Å². The summed E-state index contributed by atoms with van der Waals surface area (Å²) in [7, 11) is 0. The number of rotatable bonds is 1. The molecule has 0 spiro atoms. The van der Waals surface area contributed by atoms with E-state index in [9.17, 15) is 0 Å². The highest BCUT2D eigenvalue weighted by atomic mass is 79.9. The van der Waals surface area contributed by atoms with Crippen molar-refractivity contribution in [3.8, 4) is 0 Å². The van der Waals surface area contributed by atoms with E-state index in [0.29, 0.717) is 0 Å². The highest BCUT2D eigenvalue weighted by Gasteiger charge is 1.78. The van der Waals surface area contributed by atoms with E-state index in [2.05, 4.69) is 15.9 Å². The molecule has 0 aromatic heterocycles. The molecule has 0 heterocycles. The van der Waals surface area contributed by atoms with Gasteiger partial charge in [-0.2, -0.15) is 0 Å². The Morgan fingerprint density at radius 1 is 2.00 bits per heavy atom. The summed E-state index contributed by atoms with van der Waals surface area (Å²) in [5, 5.41) is 0. The van der Waals surface area contributed by atoms with Crippen LogP contribution in [0.5, 0.6) is 0 Å². The Hall–Kier alpha value is 0.860. The molecule has 0 aromatic rings. The molecular formula is C3H4BrClS. The third-order valence-corrected chi connectivity index (χ3v) is 2.60. The Labute approximate surface area is 55.1 Å². The smallest absolute Gasteiger partial charge is 0.0613 e. The Balaban J connectivity index is 3.22. The van der Waals surface area contributed by atoms with Crippen molar-refractivity contribution in [1.29, 1.82) is 0 Å². The van der Waals surface area contributed by atoms with Crippen molar-refractivity contribution in [2.75, 3.05) is 6.26 Å². The Kier molecular flexibility index (Phi) is 4.61. The molecule has 0 nitrogen and oxygen atoms in total. The summed E-state index contributed by atoms with van der Waals surface area (Å²) in [5.41, 5.74) is 1.49. The van der Waals surface area contributed by atoms with Gasteiger partial charge >= 0.3 is 0 Å². The van der Waals surface area contributed by atoms with Crippen LogP contribution in [-0.2, 0) is 0 Å². The second-order valence-corrected chi connectivity index (χ2v) is 3.06. The van der Waals surface area contributed by atoms with Crippen LogP contribution in [0, 0.1) is 0 Å². The molecule has 0 fully saturated rings. The lowest BCUT2D eigenvalue weighted by Gasteiger charge is -1.80. The lowest BCUT2D eigenvalue weighted by atomic mass is 11.3. The zero-order valence-corrected chi connectivity index (χ0v) is 6.40. The normalized spacial score (nSPS) is 12.2. The molecule has 0 aromatic carbocycles. The summed E-state index contributed by atoms with van der Waals surface area (Å²) in [6, 6.07) is 0. The monoisotopic (exact) mass is 186 g/mol. The van der Waals surface area contributed by atoms with Crippen molar-refractivity contribution in [1.82, 2.24) is 0 Å². The molecule has 0 amide bonds. The largest absolute Gasteiger partial charge is 0.121 e. The summed E-state index contributed by atoms with van der Waals surface area (Å²) >= 11 is 9.96. The molecule has 0 saturated carbocycles. The predicted octanol–water partition coefficient (Wildman–Crippen LogP) is 2.78. The third-order valence-electron chi connectivity index (χ3n) is 0.281. The average molecular weight is 187 g/mol. The standard InChI is InChI=1S/C3H4BrClS/c1-6-3(4)2-5/h2H,1H3/b3-2-. The minimum Gasteiger partial charge on any atom is -0.121 e. The van der Waals surface area contributed by atoms with E-state index in [1.54, 1.807) is 11.8 Å².